The predicted molar refractivity (Wildman–Crippen MR) is 120 cm³/mol. The van der Waals surface area contributed by atoms with E-state index in [1.807, 2.05) is 29.9 Å². The van der Waals surface area contributed by atoms with Crippen molar-refractivity contribution in [1.29, 1.82) is 0 Å². The number of piperidine rings is 1. The van der Waals surface area contributed by atoms with E-state index in [2.05, 4.69) is 10.2 Å². The summed E-state index contributed by atoms with van der Waals surface area (Å²) < 4.78 is 5.23. The van der Waals surface area contributed by atoms with Crippen LogP contribution in [0.15, 0.2) is 22.9 Å². The lowest BCUT2D eigenvalue weighted by atomic mass is 10.0. The van der Waals surface area contributed by atoms with E-state index in [-0.39, 0.29) is 31.0 Å². The van der Waals surface area contributed by atoms with Crippen molar-refractivity contribution in [3.63, 3.8) is 0 Å². The predicted octanol–water partition coefficient (Wildman–Crippen LogP) is 3.53. The standard InChI is InChI=1S/C21H27N3O4S2/c1-4-28-21(27)19-16(17-6-5-11-29-17)13-30-20(19)22-18(26)12-24-9-7-15(8-10-24)23(3)14(2)25/h5-6,11,13,15H,4,7-10,12H2,1-3H3,(H,22,26). The summed E-state index contributed by atoms with van der Waals surface area (Å²) in [6.45, 7) is 5.38. The number of ether oxygens (including phenoxy) is 1. The van der Waals surface area contributed by atoms with E-state index in [1.165, 1.54) is 11.3 Å². The molecule has 1 aliphatic rings. The molecule has 2 aromatic heterocycles. The van der Waals surface area contributed by atoms with Gasteiger partial charge in [-0.15, -0.1) is 22.7 Å². The number of hydrogen-bond acceptors (Lipinski definition) is 7. The maximum absolute atomic E-state index is 12.7. The Labute approximate surface area is 184 Å². The summed E-state index contributed by atoms with van der Waals surface area (Å²) in [6, 6.07) is 4.10. The molecule has 1 saturated heterocycles. The number of nitrogens with zero attached hydrogens (tertiary/aromatic N) is 2. The molecule has 0 bridgehead atoms. The first-order valence-corrected chi connectivity index (χ1v) is 11.7. The Hall–Kier alpha value is -2.23. The quantitative estimate of drug-likeness (QED) is 0.654. The number of esters is 1. The van der Waals surface area contributed by atoms with Crippen molar-refractivity contribution < 1.29 is 19.1 Å². The minimum Gasteiger partial charge on any atom is -0.462 e. The molecule has 3 rings (SSSR count). The number of carbonyl (C=O) groups excluding carboxylic acids is 3. The Balaban J connectivity index is 1.64. The molecule has 1 fully saturated rings. The van der Waals surface area contributed by atoms with Gasteiger partial charge >= 0.3 is 5.97 Å². The Morgan fingerprint density at radius 2 is 2.00 bits per heavy atom. The number of likely N-dealkylation sites (tertiary alicyclic amines) is 1. The van der Waals surface area contributed by atoms with Gasteiger partial charge in [0.2, 0.25) is 11.8 Å². The smallest absolute Gasteiger partial charge is 0.341 e. The second kappa shape index (κ2) is 10.2. The molecular formula is C21H27N3O4S2. The van der Waals surface area contributed by atoms with Crippen LogP contribution in [0.1, 0.15) is 37.0 Å². The van der Waals surface area contributed by atoms with Crippen molar-refractivity contribution in [3.05, 3.63) is 28.5 Å². The molecule has 0 aliphatic carbocycles. The first-order valence-electron chi connectivity index (χ1n) is 9.98. The molecule has 1 N–H and O–H groups in total. The third kappa shape index (κ3) is 5.27. The van der Waals surface area contributed by atoms with Gasteiger partial charge in [0.1, 0.15) is 10.6 Å². The molecule has 9 heteroatoms. The van der Waals surface area contributed by atoms with E-state index >= 15 is 0 Å². The van der Waals surface area contributed by atoms with Gasteiger partial charge in [0.05, 0.1) is 13.2 Å². The average Bonchev–Trinajstić information content (AvgIpc) is 3.37. The van der Waals surface area contributed by atoms with Gasteiger partial charge in [-0.2, -0.15) is 0 Å². The first-order chi connectivity index (χ1) is 14.4. The van der Waals surface area contributed by atoms with Crippen LogP contribution in [-0.4, -0.2) is 66.9 Å². The van der Waals surface area contributed by atoms with Gasteiger partial charge in [-0.1, -0.05) is 6.07 Å². The van der Waals surface area contributed by atoms with Crippen LogP contribution >= 0.6 is 22.7 Å². The number of thiophene rings is 2. The summed E-state index contributed by atoms with van der Waals surface area (Å²) in [7, 11) is 1.83. The van der Waals surface area contributed by atoms with Crippen molar-refractivity contribution in [2.24, 2.45) is 0 Å². The van der Waals surface area contributed by atoms with Gasteiger partial charge in [-0.3, -0.25) is 14.5 Å². The van der Waals surface area contributed by atoms with Crippen LogP contribution < -0.4 is 5.32 Å². The van der Waals surface area contributed by atoms with Crippen molar-refractivity contribution in [1.82, 2.24) is 9.80 Å². The van der Waals surface area contributed by atoms with Gasteiger partial charge in [0, 0.05) is 48.9 Å². The fourth-order valence-corrected chi connectivity index (χ4v) is 5.35. The van der Waals surface area contributed by atoms with E-state index in [4.69, 9.17) is 4.74 Å². The molecule has 162 valence electrons. The molecule has 30 heavy (non-hydrogen) atoms. The molecule has 2 amide bonds. The van der Waals surface area contributed by atoms with Crippen molar-refractivity contribution >= 4 is 45.5 Å². The normalized spacial score (nSPS) is 15.0. The first kappa shape index (κ1) is 22.5. The minimum absolute atomic E-state index is 0.0666. The highest BCUT2D eigenvalue weighted by molar-refractivity contribution is 7.17. The maximum Gasteiger partial charge on any atom is 0.341 e. The van der Waals surface area contributed by atoms with E-state index in [9.17, 15) is 14.4 Å². The molecule has 0 atom stereocenters. The molecule has 0 aromatic carbocycles. The van der Waals surface area contributed by atoms with Crippen LogP contribution in [0.5, 0.6) is 0 Å². The highest BCUT2D eigenvalue weighted by atomic mass is 32.1. The molecule has 1 aliphatic heterocycles. The Morgan fingerprint density at radius 1 is 1.27 bits per heavy atom. The SMILES string of the molecule is CCOC(=O)c1c(-c2cccs2)csc1NC(=O)CN1CCC(N(C)C(C)=O)CC1. The number of amides is 2. The lowest BCUT2D eigenvalue weighted by Crippen LogP contribution is -2.46. The van der Waals surface area contributed by atoms with E-state index in [0.29, 0.717) is 10.6 Å². The van der Waals surface area contributed by atoms with Crippen molar-refractivity contribution in [3.8, 4) is 10.4 Å². The Kier molecular flexibility index (Phi) is 7.63. The third-order valence-corrected chi connectivity index (χ3v) is 7.08. The number of rotatable bonds is 7. The molecule has 7 nitrogen and oxygen atoms in total. The minimum atomic E-state index is -0.425. The largest absolute Gasteiger partial charge is 0.462 e. The highest BCUT2D eigenvalue weighted by Crippen LogP contribution is 2.38. The lowest BCUT2D eigenvalue weighted by molar-refractivity contribution is -0.130. The summed E-state index contributed by atoms with van der Waals surface area (Å²) in [5.41, 5.74) is 1.20. The number of nitrogens with one attached hydrogen (secondary N) is 1. The van der Waals surface area contributed by atoms with Crippen LogP contribution in [0.4, 0.5) is 5.00 Å². The van der Waals surface area contributed by atoms with Crippen molar-refractivity contribution in [2.45, 2.75) is 32.7 Å². The average molecular weight is 450 g/mol. The van der Waals surface area contributed by atoms with Crippen molar-refractivity contribution in [2.75, 3.05) is 38.6 Å². The Morgan fingerprint density at radius 3 is 2.60 bits per heavy atom. The van der Waals surface area contributed by atoms with Crippen LogP contribution in [0, 0.1) is 0 Å². The maximum atomic E-state index is 12.7. The summed E-state index contributed by atoms with van der Waals surface area (Å²) in [4.78, 5) is 41.6. The zero-order valence-electron chi connectivity index (χ0n) is 17.5. The van der Waals surface area contributed by atoms with E-state index in [1.54, 1.807) is 30.1 Å². The molecular weight excluding hydrogens is 422 g/mol. The second-order valence-electron chi connectivity index (χ2n) is 7.24. The molecule has 0 saturated carbocycles. The topological polar surface area (TPSA) is 79.0 Å². The van der Waals surface area contributed by atoms with Crippen LogP contribution in [0.3, 0.4) is 0 Å². The van der Waals surface area contributed by atoms with Gasteiger partial charge < -0.3 is 15.0 Å². The number of hydrogen-bond donors (Lipinski definition) is 1. The molecule has 2 aromatic rings. The third-order valence-electron chi connectivity index (χ3n) is 5.28. The Bertz CT molecular complexity index is 886. The fourth-order valence-electron chi connectivity index (χ4n) is 3.56. The zero-order chi connectivity index (χ0) is 21.7. The number of carbonyl (C=O) groups is 3. The van der Waals surface area contributed by atoms with Gasteiger partial charge in [-0.25, -0.2) is 4.79 Å². The van der Waals surface area contributed by atoms with Gasteiger partial charge in [0.15, 0.2) is 0 Å². The van der Waals surface area contributed by atoms with Crippen LogP contribution in [0.2, 0.25) is 0 Å². The van der Waals surface area contributed by atoms with E-state index < -0.39 is 5.97 Å². The second-order valence-corrected chi connectivity index (χ2v) is 9.06. The van der Waals surface area contributed by atoms with Crippen LogP contribution in [0.25, 0.3) is 10.4 Å². The summed E-state index contributed by atoms with van der Waals surface area (Å²) >= 11 is 2.88. The monoisotopic (exact) mass is 449 g/mol. The summed E-state index contributed by atoms with van der Waals surface area (Å²) in [5.74, 6) is -0.513. The summed E-state index contributed by atoms with van der Waals surface area (Å²) in [6.07, 6.45) is 1.69. The zero-order valence-corrected chi connectivity index (χ0v) is 19.1. The highest BCUT2D eigenvalue weighted by Gasteiger charge is 2.26. The van der Waals surface area contributed by atoms with Gasteiger partial charge in [-0.05, 0) is 31.2 Å². The summed E-state index contributed by atoms with van der Waals surface area (Å²) in [5, 5.41) is 7.27. The van der Waals surface area contributed by atoms with Gasteiger partial charge in [0.25, 0.3) is 0 Å². The fraction of sp³-hybridized carbons (Fsp3) is 0.476. The molecule has 0 spiro atoms. The molecule has 0 radical (unpaired) electrons. The molecule has 0 unspecified atom stereocenters. The lowest BCUT2D eigenvalue weighted by Gasteiger charge is -2.36. The van der Waals surface area contributed by atoms with Crippen LogP contribution in [-0.2, 0) is 14.3 Å². The van der Waals surface area contributed by atoms with E-state index in [0.717, 1.165) is 36.4 Å². The number of anilines is 1. The molecule has 3 heterocycles.